The highest BCUT2D eigenvalue weighted by Gasteiger charge is 2.22. The van der Waals surface area contributed by atoms with Crippen molar-refractivity contribution < 1.29 is 9.47 Å². The van der Waals surface area contributed by atoms with Crippen LogP contribution in [0, 0.1) is 5.92 Å². The van der Waals surface area contributed by atoms with Crippen molar-refractivity contribution in [2.75, 3.05) is 26.9 Å². The van der Waals surface area contributed by atoms with Crippen LogP contribution in [0.15, 0.2) is 18.2 Å². The Morgan fingerprint density at radius 3 is 3.05 bits per heavy atom. The number of rotatable bonds is 4. The molecule has 0 bridgehead atoms. The molecule has 2 atom stereocenters. The zero-order chi connectivity index (χ0) is 13.9. The lowest BCUT2D eigenvalue weighted by atomic mass is 9.92. The second kappa shape index (κ2) is 6.02. The molecule has 2 aliphatic rings. The summed E-state index contributed by atoms with van der Waals surface area (Å²) in [7, 11) is 2.22. The minimum atomic E-state index is 0.344. The van der Waals surface area contributed by atoms with Crippen molar-refractivity contribution in [1.29, 1.82) is 0 Å². The van der Waals surface area contributed by atoms with Gasteiger partial charge in [-0.3, -0.25) is 0 Å². The van der Waals surface area contributed by atoms with Gasteiger partial charge in [0.25, 0.3) is 0 Å². The van der Waals surface area contributed by atoms with Gasteiger partial charge in [-0.15, -0.1) is 0 Å². The molecular weight excluding hydrogens is 252 g/mol. The van der Waals surface area contributed by atoms with Crippen LogP contribution in [0.2, 0.25) is 0 Å². The van der Waals surface area contributed by atoms with Gasteiger partial charge in [0.15, 0.2) is 11.5 Å². The molecule has 4 nitrogen and oxygen atoms in total. The van der Waals surface area contributed by atoms with Crippen LogP contribution in [-0.4, -0.2) is 37.9 Å². The topological polar surface area (TPSA) is 33.7 Å². The lowest BCUT2D eigenvalue weighted by Crippen LogP contribution is -2.42. The van der Waals surface area contributed by atoms with Crippen LogP contribution in [0.25, 0.3) is 0 Å². The predicted octanol–water partition coefficient (Wildman–Crippen LogP) is 2.24. The molecule has 0 aliphatic carbocycles. The number of likely N-dealkylation sites (tertiary alicyclic amines) is 1. The first-order valence-electron chi connectivity index (χ1n) is 7.53. The van der Waals surface area contributed by atoms with Gasteiger partial charge in [0.05, 0.1) is 0 Å². The summed E-state index contributed by atoms with van der Waals surface area (Å²) in [5.41, 5.74) is 1.25. The van der Waals surface area contributed by atoms with Crippen molar-refractivity contribution in [3.8, 4) is 11.5 Å². The van der Waals surface area contributed by atoms with Crippen molar-refractivity contribution in [2.24, 2.45) is 5.92 Å². The second-order valence-corrected chi connectivity index (χ2v) is 6.02. The average Bonchev–Trinajstić information content (AvgIpc) is 2.92. The van der Waals surface area contributed by atoms with Crippen LogP contribution in [0.4, 0.5) is 0 Å². The summed E-state index contributed by atoms with van der Waals surface area (Å²) in [5, 5.41) is 3.66. The number of piperidine rings is 1. The van der Waals surface area contributed by atoms with Crippen LogP contribution in [0.5, 0.6) is 11.5 Å². The van der Waals surface area contributed by atoms with E-state index in [9.17, 15) is 0 Å². The number of benzene rings is 1. The number of hydrogen-bond acceptors (Lipinski definition) is 4. The van der Waals surface area contributed by atoms with E-state index < -0.39 is 0 Å². The monoisotopic (exact) mass is 276 g/mol. The largest absolute Gasteiger partial charge is 0.454 e. The molecule has 0 saturated carbocycles. The first kappa shape index (κ1) is 13.7. The van der Waals surface area contributed by atoms with E-state index in [-0.39, 0.29) is 0 Å². The molecule has 4 heteroatoms. The van der Waals surface area contributed by atoms with E-state index in [2.05, 4.69) is 36.3 Å². The molecule has 0 aromatic heterocycles. The van der Waals surface area contributed by atoms with Gasteiger partial charge in [-0.1, -0.05) is 6.07 Å². The minimum absolute atomic E-state index is 0.344. The van der Waals surface area contributed by atoms with Crippen LogP contribution in [-0.2, 0) is 6.54 Å². The van der Waals surface area contributed by atoms with Crippen LogP contribution >= 0.6 is 0 Å². The Morgan fingerprint density at radius 1 is 1.35 bits per heavy atom. The zero-order valence-corrected chi connectivity index (χ0v) is 12.4. The molecule has 0 spiro atoms. The number of nitrogens with zero attached hydrogens (tertiary/aromatic N) is 1. The molecule has 110 valence electrons. The molecule has 2 heterocycles. The highest BCUT2D eigenvalue weighted by Crippen LogP contribution is 2.32. The van der Waals surface area contributed by atoms with E-state index in [0.717, 1.165) is 24.0 Å². The van der Waals surface area contributed by atoms with Crippen molar-refractivity contribution in [1.82, 2.24) is 10.2 Å². The van der Waals surface area contributed by atoms with Gasteiger partial charge in [0, 0.05) is 19.1 Å². The van der Waals surface area contributed by atoms with Crippen molar-refractivity contribution in [2.45, 2.75) is 32.4 Å². The molecule has 2 unspecified atom stereocenters. The average molecular weight is 276 g/mol. The van der Waals surface area contributed by atoms with Gasteiger partial charge in [-0.25, -0.2) is 0 Å². The quantitative estimate of drug-likeness (QED) is 0.914. The molecule has 20 heavy (non-hydrogen) atoms. The summed E-state index contributed by atoms with van der Waals surface area (Å²) in [6.07, 6.45) is 2.65. The summed E-state index contributed by atoms with van der Waals surface area (Å²) in [6.45, 7) is 5.98. The maximum Gasteiger partial charge on any atom is 0.231 e. The van der Waals surface area contributed by atoms with Crippen molar-refractivity contribution in [3.63, 3.8) is 0 Å². The molecule has 0 amide bonds. The molecule has 0 radical (unpaired) electrons. The molecule has 1 N–H and O–H groups in total. The van der Waals surface area contributed by atoms with Crippen molar-refractivity contribution >= 4 is 0 Å². The van der Waals surface area contributed by atoms with E-state index >= 15 is 0 Å². The van der Waals surface area contributed by atoms with Crippen LogP contribution in [0.3, 0.4) is 0 Å². The molecular formula is C16H24N2O2. The first-order chi connectivity index (χ1) is 9.72. The van der Waals surface area contributed by atoms with E-state index in [1.807, 2.05) is 6.07 Å². The van der Waals surface area contributed by atoms with Gasteiger partial charge < -0.3 is 19.7 Å². The van der Waals surface area contributed by atoms with Crippen LogP contribution in [0.1, 0.15) is 25.3 Å². The standard InChI is InChI=1S/C16H24N2O2/c1-12(14-4-3-7-18(2)10-14)17-9-13-5-6-15-16(8-13)20-11-19-15/h5-6,8,12,14,17H,3-4,7,9-11H2,1-2H3. The van der Waals surface area contributed by atoms with E-state index in [1.165, 1.54) is 31.5 Å². The Balaban J connectivity index is 1.53. The zero-order valence-electron chi connectivity index (χ0n) is 12.4. The molecule has 1 aromatic rings. The SMILES string of the molecule is CC(NCc1ccc2c(c1)OCO2)C1CCCN(C)C1. The lowest BCUT2D eigenvalue weighted by molar-refractivity contribution is 0.174. The number of nitrogens with one attached hydrogen (secondary N) is 1. The smallest absolute Gasteiger partial charge is 0.231 e. The maximum absolute atomic E-state index is 5.42. The van der Waals surface area contributed by atoms with Crippen molar-refractivity contribution in [3.05, 3.63) is 23.8 Å². The summed E-state index contributed by atoms with van der Waals surface area (Å²) >= 11 is 0. The van der Waals surface area contributed by atoms with E-state index in [1.54, 1.807) is 0 Å². The third-order valence-electron chi connectivity index (χ3n) is 4.43. The van der Waals surface area contributed by atoms with E-state index in [0.29, 0.717) is 12.8 Å². The molecule has 3 rings (SSSR count). The lowest BCUT2D eigenvalue weighted by Gasteiger charge is -2.34. The minimum Gasteiger partial charge on any atom is -0.454 e. The fourth-order valence-electron chi connectivity index (χ4n) is 3.11. The highest BCUT2D eigenvalue weighted by atomic mass is 16.7. The molecule has 1 aromatic carbocycles. The summed E-state index contributed by atoms with van der Waals surface area (Å²) in [6, 6.07) is 6.73. The Kier molecular flexibility index (Phi) is 4.13. The Hall–Kier alpha value is -1.26. The normalized spacial score (nSPS) is 23.8. The third-order valence-corrected chi connectivity index (χ3v) is 4.43. The van der Waals surface area contributed by atoms with Gasteiger partial charge in [0.2, 0.25) is 6.79 Å². The Bertz CT molecular complexity index is 464. The fourth-order valence-corrected chi connectivity index (χ4v) is 3.11. The summed E-state index contributed by atoms with van der Waals surface area (Å²) in [4.78, 5) is 2.44. The maximum atomic E-state index is 5.42. The third kappa shape index (κ3) is 3.07. The van der Waals surface area contributed by atoms with Gasteiger partial charge >= 0.3 is 0 Å². The highest BCUT2D eigenvalue weighted by molar-refractivity contribution is 5.44. The molecule has 1 saturated heterocycles. The summed E-state index contributed by atoms with van der Waals surface area (Å²) in [5.74, 6) is 2.48. The Labute approximate surface area is 121 Å². The van der Waals surface area contributed by atoms with Gasteiger partial charge in [-0.2, -0.15) is 0 Å². The number of fused-ring (bicyclic) bond motifs is 1. The molecule has 2 aliphatic heterocycles. The number of hydrogen-bond donors (Lipinski definition) is 1. The second-order valence-electron chi connectivity index (χ2n) is 6.02. The molecule has 1 fully saturated rings. The van der Waals surface area contributed by atoms with Gasteiger partial charge in [0.1, 0.15) is 0 Å². The predicted molar refractivity (Wildman–Crippen MR) is 79.1 cm³/mol. The van der Waals surface area contributed by atoms with E-state index in [4.69, 9.17) is 9.47 Å². The first-order valence-corrected chi connectivity index (χ1v) is 7.53. The summed E-state index contributed by atoms with van der Waals surface area (Å²) < 4.78 is 10.8. The van der Waals surface area contributed by atoms with Crippen LogP contribution < -0.4 is 14.8 Å². The Morgan fingerprint density at radius 2 is 2.20 bits per heavy atom. The number of ether oxygens (including phenoxy) is 2. The fraction of sp³-hybridized carbons (Fsp3) is 0.625. The van der Waals surface area contributed by atoms with Gasteiger partial charge in [-0.05, 0) is 57.0 Å².